The largest absolute Gasteiger partial charge is 0.387 e. The molecule has 3 aromatic carbocycles. The standard InChI is InChI=1S/C34H34N4O4/c1-2-3-6-18-32(40)38-23-34(22-30(38)33(35)41)21-29(37-42-34)26-16-11-17-27(19-26)36-31(39)20-28(24-12-7-4-8-13-24)25-14-9-5-10-15-25/h2-19,28,30H,20-23H2,1H3,(H2,35,41)(H,36,39)/b3-2-,18-6+/t30-,34?/m0/s1. The lowest BCUT2D eigenvalue weighted by Crippen LogP contribution is -2.43. The molecule has 5 rings (SSSR count). The summed E-state index contributed by atoms with van der Waals surface area (Å²) in [6.45, 7) is 2.05. The van der Waals surface area contributed by atoms with Crippen molar-refractivity contribution in [2.45, 2.75) is 43.7 Å². The Labute approximate surface area is 245 Å². The van der Waals surface area contributed by atoms with Gasteiger partial charge in [0.25, 0.3) is 0 Å². The number of primary amides is 1. The lowest BCUT2D eigenvalue weighted by molar-refractivity contribution is -0.133. The summed E-state index contributed by atoms with van der Waals surface area (Å²) < 4.78 is 0. The molecule has 3 N–H and O–H groups in total. The van der Waals surface area contributed by atoms with E-state index in [0.717, 1.165) is 16.7 Å². The predicted molar refractivity (Wildman–Crippen MR) is 163 cm³/mol. The molecule has 0 radical (unpaired) electrons. The van der Waals surface area contributed by atoms with Gasteiger partial charge in [-0.1, -0.05) is 96.2 Å². The molecule has 214 valence electrons. The fourth-order valence-electron chi connectivity index (χ4n) is 5.62. The molecular weight excluding hydrogens is 528 g/mol. The van der Waals surface area contributed by atoms with E-state index in [1.54, 1.807) is 12.2 Å². The predicted octanol–water partition coefficient (Wildman–Crippen LogP) is 4.93. The third kappa shape index (κ3) is 6.49. The van der Waals surface area contributed by atoms with Gasteiger partial charge in [-0.05, 0) is 30.2 Å². The first kappa shape index (κ1) is 28.5. The van der Waals surface area contributed by atoms with Gasteiger partial charge in [0.15, 0.2) is 5.60 Å². The number of anilines is 1. The van der Waals surface area contributed by atoms with E-state index >= 15 is 0 Å². The Hall–Kier alpha value is -4.98. The van der Waals surface area contributed by atoms with Gasteiger partial charge in [-0.15, -0.1) is 0 Å². The molecule has 2 heterocycles. The Kier molecular flexibility index (Phi) is 8.62. The van der Waals surface area contributed by atoms with Crippen LogP contribution in [0.15, 0.2) is 114 Å². The quantitative estimate of drug-likeness (QED) is 0.284. The highest BCUT2D eigenvalue weighted by Gasteiger charge is 2.53. The molecule has 2 aliphatic rings. The molecule has 2 aliphatic heterocycles. The van der Waals surface area contributed by atoms with Crippen LogP contribution in [-0.2, 0) is 19.2 Å². The van der Waals surface area contributed by atoms with Crippen molar-refractivity contribution in [3.63, 3.8) is 0 Å². The first-order valence-electron chi connectivity index (χ1n) is 14.0. The van der Waals surface area contributed by atoms with Gasteiger partial charge in [0.2, 0.25) is 17.7 Å². The molecule has 1 fully saturated rings. The van der Waals surface area contributed by atoms with Crippen LogP contribution in [0.25, 0.3) is 0 Å². The number of hydrogen-bond donors (Lipinski definition) is 2. The number of nitrogens with zero attached hydrogens (tertiary/aromatic N) is 2. The van der Waals surface area contributed by atoms with E-state index in [1.807, 2.05) is 97.9 Å². The maximum absolute atomic E-state index is 13.2. The second-order valence-corrected chi connectivity index (χ2v) is 10.7. The second-order valence-electron chi connectivity index (χ2n) is 10.7. The number of nitrogens with two attached hydrogens (primary N) is 1. The van der Waals surface area contributed by atoms with E-state index in [1.165, 1.54) is 11.0 Å². The maximum Gasteiger partial charge on any atom is 0.247 e. The lowest BCUT2D eigenvalue weighted by Gasteiger charge is -2.21. The van der Waals surface area contributed by atoms with Crippen molar-refractivity contribution >= 4 is 29.1 Å². The number of allylic oxidation sites excluding steroid dienone is 3. The minimum atomic E-state index is -0.836. The Bertz CT molecular complexity index is 1490. The Morgan fingerprint density at radius 1 is 1.02 bits per heavy atom. The second kappa shape index (κ2) is 12.7. The zero-order valence-electron chi connectivity index (χ0n) is 23.5. The molecule has 0 bridgehead atoms. The molecule has 3 amide bonds. The third-order valence-corrected chi connectivity index (χ3v) is 7.67. The zero-order valence-corrected chi connectivity index (χ0v) is 23.5. The fourth-order valence-corrected chi connectivity index (χ4v) is 5.62. The van der Waals surface area contributed by atoms with Crippen molar-refractivity contribution in [1.29, 1.82) is 0 Å². The van der Waals surface area contributed by atoms with Crippen molar-refractivity contribution in [2.24, 2.45) is 10.9 Å². The molecule has 1 saturated heterocycles. The monoisotopic (exact) mass is 562 g/mol. The van der Waals surface area contributed by atoms with Gasteiger partial charge in [0.1, 0.15) is 6.04 Å². The smallest absolute Gasteiger partial charge is 0.247 e. The van der Waals surface area contributed by atoms with Crippen LogP contribution in [0.5, 0.6) is 0 Å². The molecule has 1 spiro atoms. The molecule has 2 atom stereocenters. The number of amides is 3. The minimum absolute atomic E-state index is 0.0814. The average Bonchev–Trinajstić information content (AvgIpc) is 3.61. The molecular formula is C34H34N4O4. The number of oxime groups is 1. The fraction of sp³-hybridized carbons (Fsp3) is 0.235. The molecule has 0 saturated carbocycles. The third-order valence-electron chi connectivity index (χ3n) is 7.67. The highest BCUT2D eigenvalue weighted by atomic mass is 16.7. The lowest BCUT2D eigenvalue weighted by atomic mass is 9.88. The molecule has 0 aliphatic carbocycles. The number of hydrogen-bond acceptors (Lipinski definition) is 5. The van der Waals surface area contributed by atoms with Crippen molar-refractivity contribution < 1.29 is 19.2 Å². The van der Waals surface area contributed by atoms with Crippen LogP contribution in [0.1, 0.15) is 48.8 Å². The molecule has 8 heteroatoms. The Morgan fingerprint density at radius 2 is 1.71 bits per heavy atom. The number of nitrogens with one attached hydrogen (secondary N) is 1. The number of benzene rings is 3. The normalized spacial score (nSPS) is 19.9. The summed E-state index contributed by atoms with van der Waals surface area (Å²) in [6.07, 6.45) is 7.54. The van der Waals surface area contributed by atoms with Crippen LogP contribution in [0.4, 0.5) is 5.69 Å². The van der Waals surface area contributed by atoms with Gasteiger partial charge in [-0.25, -0.2) is 0 Å². The van der Waals surface area contributed by atoms with Crippen molar-refractivity contribution in [2.75, 3.05) is 11.9 Å². The van der Waals surface area contributed by atoms with E-state index in [9.17, 15) is 14.4 Å². The van der Waals surface area contributed by atoms with Crippen molar-refractivity contribution in [1.82, 2.24) is 4.90 Å². The molecule has 42 heavy (non-hydrogen) atoms. The van der Waals surface area contributed by atoms with E-state index in [-0.39, 0.29) is 37.1 Å². The van der Waals surface area contributed by atoms with E-state index in [4.69, 9.17) is 10.6 Å². The minimum Gasteiger partial charge on any atom is -0.387 e. The van der Waals surface area contributed by atoms with Gasteiger partial charge in [-0.2, -0.15) is 0 Å². The highest BCUT2D eigenvalue weighted by molar-refractivity contribution is 6.03. The summed E-state index contributed by atoms with van der Waals surface area (Å²) in [5.74, 6) is -1.07. The van der Waals surface area contributed by atoms with Crippen LogP contribution in [0, 0.1) is 0 Å². The topological polar surface area (TPSA) is 114 Å². The maximum atomic E-state index is 13.2. The van der Waals surface area contributed by atoms with E-state index in [2.05, 4.69) is 10.5 Å². The van der Waals surface area contributed by atoms with Gasteiger partial charge in [0.05, 0.1) is 12.3 Å². The first-order chi connectivity index (χ1) is 20.4. The van der Waals surface area contributed by atoms with Gasteiger partial charge >= 0.3 is 0 Å². The summed E-state index contributed by atoms with van der Waals surface area (Å²) in [5.41, 5.74) is 9.08. The van der Waals surface area contributed by atoms with Crippen molar-refractivity contribution in [3.8, 4) is 0 Å². The number of likely N-dealkylation sites (tertiary alicyclic amines) is 1. The molecule has 0 aromatic heterocycles. The molecule has 8 nitrogen and oxygen atoms in total. The van der Waals surface area contributed by atoms with E-state index < -0.39 is 17.6 Å². The van der Waals surface area contributed by atoms with Gasteiger partial charge < -0.3 is 20.8 Å². The summed E-state index contributed by atoms with van der Waals surface area (Å²) in [7, 11) is 0. The molecule has 1 unspecified atom stereocenters. The summed E-state index contributed by atoms with van der Waals surface area (Å²) in [6, 6.07) is 26.7. The van der Waals surface area contributed by atoms with Crippen LogP contribution in [0.2, 0.25) is 0 Å². The van der Waals surface area contributed by atoms with Crippen LogP contribution < -0.4 is 11.1 Å². The Morgan fingerprint density at radius 3 is 2.36 bits per heavy atom. The Balaban J connectivity index is 1.27. The average molecular weight is 563 g/mol. The van der Waals surface area contributed by atoms with E-state index in [0.29, 0.717) is 17.8 Å². The van der Waals surface area contributed by atoms with Gasteiger partial charge in [-0.3, -0.25) is 14.4 Å². The first-order valence-corrected chi connectivity index (χ1v) is 14.0. The zero-order chi connectivity index (χ0) is 29.5. The SMILES string of the molecule is C/C=C\C=C\C(=O)N1CC2(CC(c3cccc(NC(=O)CC(c4ccccc4)c4ccccc4)c3)=NO2)C[C@H]1C(N)=O. The molecule has 3 aromatic rings. The summed E-state index contributed by atoms with van der Waals surface area (Å²) >= 11 is 0. The highest BCUT2D eigenvalue weighted by Crippen LogP contribution is 2.39. The van der Waals surface area contributed by atoms with Crippen LogP contribution in [0.3, 0.4) is 0 Å². The number of carbonyl (C=O) groups excluding carboxylic acids is 3. The van der Waals surface area contributed by atoms with Crippen LogP contribution >= 0.6 is 0 Å². The summed E-state index contributed by atoms with van der Waals surface area (Å²) in [4.78, 5) is 45.6. The van der Waals surface area contributed by atoms with Crippen LogP contribution in [-0.4, -0.2) is 46.5 Å². The number of rotatable bonds is 9. The van der Waals surface area contributed by atoms with Gasteiger partial charge in [0, 0.05) is 42.5 Å². The summed E-state index contributed by atoms with van der Waals surface area (Å²) in [5, 5.41) is 7.38. The number of carbonyl (C=O) groups is 3. The van der Waals surface area contributed by atoms with Crippen molar-refractivity contribution in [3.05, 3.63) is 126 Å².